The summed E-state index contributed by atoms with van der Waals surface area (Å²) in [6, 6.07) is 6.73. The molecule has 1 aromatic heterocycles. The van der Waals surface area contributed by atoms with E-state index in [9.17, 15) is 9.59 Å². The highest BCUT2D eigenvalue weighted by molar-refractivity contribution is 5.97. The van der Waals surface area contributed by atoms with Crippen LogP contribution in [0.2, 0.25) is 0 Å². The van der Waals surface area contributed by atoms with E-state index in [0.29, 0.717) is 5.69 Å². The summed E-state index contributed by atoms with van der Waals surface area (Å²) >= 11 is 0. The minimum atomic E-state index is -0.724. The molecule has 1 atom stereocenters. The molecule has 124 valence electrons. The molecule has 0 radical (unpaired) electrons. The lowest BCUT2D eigenvalue weighted by Gasteiger charge is -2.13. The van der Waals surface area contributed by atoms with Gasteiger partial charge < -0.3 is 25.3 Å². The number of carbonyl (C=O) groups is 2. The topological polar surface area (TPSA) is 89.6 Å². The molecule has 0 bridgehead atoms. The molecule has 3 N–H and O–H groups in total. The molecule has 0 aliphatic carbocycles. The van der Waals surface area contributed by atoms with Crippen molar-refractivity contribution in [1.29, 1.82) is 0 Å². The molecule has 2 aromatic rings. The number of anilines is 1. The fraction of sp³-hybridized carbons (Fsp3) is 0.375. The number of hydrogen-bond donors (Lipinski definition) is 2. The highest BCUT2D eigenvalue weighted by Crippen LogP contribution is 2.21. The van der Waals surface area contributed by atoms with Crippen molar-refractivity contribution < 1.29 is 14.3 Å². The van der Waals surface area contributed by atoms with Crippen LogP contribution in [0.25, 0.3) is 10.9 Å². The van der Waals surface area contributed by atoms with E-state index < -0.39 is 6.04 Å². The highest BCUT2D eigenvalue weighted by Gasteiger charge is 2.14. The van der Waals surface area contributed by atoms with Crippen molar-refractivity contribution in [2.45, 2.75) is 12.6 Å². The number of methoxy groups -OCH3 is 1. The number of rotatable bonds is 6. The van der Waals surface area contributed by atoms with Gasteiger partial charge in [-0.05, 0) is 23.6 Å². The van der Waals surface area contributed by atoms with Gasteiger partial charge in [-0.15, -0.1) is 0 Å². The van der Waals surface area contributed by atoms with Crippen LogP contribution in [-0.2, 0) is 20.9 Å². The van der Waals surface area contributed by atoms with E-state index in [-0.39, 0.29) is 25.0 Å². The number of benzene rings is 1. The third kappa shape index (κ3) is 4.08. The van der Waals surface area contributed by atoms with Crippen LogP contribution in [0.5, 0.6) is 0 Å². The first kappa shape index (κ1) is 17.0. The van der Waals surface area contributed by atoms with Crippen molar-refractivity contribution >= 4 is 28.4 Å². The predicted molar refractivity (Wildman–Crippen MR) is 89.1 cm³/mol. The zero-order valence-corrected chi connectivity index (χ0v) is 13.6. The van der Waals surface area contributed by atoms with E-state index in [1.807, 2.05) is 29.0 Å². The van der Waals surface area contributed by atoms with Crippen LogP contribution in [0.3, 0.4) is 0 Å². The van der Waals surface area contributed by atoms with Crippen LogP contribution >= 0.6 is 0 Å². The Labute approximate surface area is 135 Å². The van der Waals surface area contributed by atoms with Crippen LogP contribution in [0.1, 0.15) is 0 Å². The number of nitrogens with zero attached hydrogens (tertiary/aromatic N) is 2. The quantitative estimate of drug-likeness (QED) is 0.818. The summed E-state index contributed by atoms with van der Waals surface area (Å²) in [6.45, 7) is 0.402. The average molecular weight is 318 g/mol. The first-order valence-corrected chi connectivity index (χ1v) is 7.27. The number of likely N-dealkylation sites (N-methyl/N-ethyl adjacent to an activating group) is 1. The Hall–Kier alpha value is -2.38. The molecule has 2 rings (SSSR count). The van der Waals surface area contributed by atoms with Crippen molar-refractivity contribution in [3.8, 4) is 0 Å². The summed E-state index contributed by atoms with van der Waals surface area (Å²) in [4.78, 5) is 25.4. The molecule has 2 amide bonds. The maximum atomic E-state index is 11.9. The van der Waals surface area contributed by atoms with Gasteiger partial charge in [0.05, 0.1) is 12.1 Å². The number of carbonyl (C=O) groups excluding carboxylic acids is 2. The minimum absolute atomic E-state index is 0.000875. The molecule has 0 saturated heterocycles. The Morgan fingerprint density at radius 3 is 2.74 bits per heavy atom. The molecule has 1 unspecified atom stereocenters. The van der Waals surface area contributed by atoms with E-state index in [1.54, 1.807) is 25.1 Å². The maximum Gasteiger partial charge on any atom is 0.243 e. The van der Waals surface area contributed by atoms with Crippen molar-refractivity contribution in [3.63, 3.8) is 0 Å². The van der Waals surface area contributed by atoms with E-state index in [2.05, 4.69) is 5.32 Å². The van der Waals surface area contributed by atoms with Gasteiger partial charge in [-0.1, -0.05) is 6.07 Å². The van der Waals surface area contributed by atoms with Gasteiger partial charge >= 0.3 is 0 Å². The third-order valence-electron chi connectivity index (χ3n) is 3.53. The SMILES string of the molecule is COCC(N)C(=O)Nc1ccc2ccn(CC(=O)N(C)C)c2c1. The van der Waals surface area contributed by atoms with Gasteiger partial charge in [-0.2, -0.15) is 0 Å². The smallest absolute Gasteiger partial charge is 0.243 e. The van der Waals surface area contributed by atoms with Crippen LogP contribution in [-0.4, -0.2) is 55.1 Å². The van der Waals surface area contributed by atoms with Gasteiger partial charge in [0.2, 0.25) is 11.8 Å². The lowest BCUT2D eigenvalue weighted by Crippen LogP contribution is -2.39. The van der Waals surface area contributed by atoms with E-state index in [0.717, 1.165) is 10.9 Å². The lowest BCUT2D eigenvalue weighted by atomic mass is 10.2. The maximum absolute atomic E-state index is 11.9. The van der Waals surface area contributed by atoms with E-state index in [4.69, 9.17) is 10.5 Å². The standard InChI is InChI=1S/C16H22N4O3/c1-19(2)15(21)9-20-7-6-11-4-5-12(8-14(11)20)18-16(22)13(17)10-23-3/h4-8,13H,9-10,17H2,1-3H3,(H,18,22). The summed E-state index contributed by atoms with van der Waals surface area (Å²) in [5.74, 6) is -0.312. The van der Waals surface area contributed by atoms with Crippen molar-refractivity contribution in [3.05, 3.63) is 30.5 Å². The monoisotopic (exact) mass is 318 g/mol. The molecule has 1 aromatic carbocycles. The van der Waals surface area contributed by atoms with Crippen LogP contribution < -0.4 is 11.1 Å². The number of hydrogen-bond acceptors (Lipinski definition) is 4. The predicted octanol–water partition coefficient (Wildman–Crippen LogP) is 0.642. The van der Waals surface area contributed by atoms with Gasteiger partial charge in [0.25, 0.3) is 0 Å². The van der Waals surface area contributed by atoms with Gasteiger partial charge in [-0.3, -0.25) is 9.59 Å². The fourth-order valence-electron chi connectivity index (χ4n) is 2.18. The molecule has 23 heavy (non-hydrogen) atoms. The molecular weight excluding hydrogens is 296 g/mol. The van der Waals surface area contributed by atoms with Crippen molar-refractivity contribution in [2.24, 2.45) is 5.73 Å². The Kier molecular flexibility index (Phi) is 5.36. The van der Waals surface area contributed by atoms with Crippen LogP contribution in [0, 0.1) is 0 Å². The number of aromatic nitrogens is 1. The number of ether oxygens (including phenoxy) is 1. The summed E-state index contributed by atoms with van der Waals surface area (Å²) < 4.78 is 6.72. The summed E-state index contributed by atoms with van der Waals surface area (Å²) in [7, 11) is 4.93. The first-order chi connectivity index (χ1) is 10.9. The number of amides is 2. The molecule has 7 nitrogen and oxygen atoms in total. The minimum Gasteiger partial charge on any atom is -0.383 e. The number of nitrogens with one attached hydrogen (secondary N) is 1. The summed E-state index contributed by atoms with van der Waals surface area (Å²) in [6.07, 6.45) is 1.86. The van der Waals surface area contributed by atoms with Gasteiger partial charge in [0.1, 0.15) is 12.6 Å². The average Bonchev–Trinajstić information content (AvgIpc) is 2.90. The van der Waals surface area contributed by atoms with E-state index in [1.165, 1.54) is 7.11 Å². The molecular formula is C16H22N4O3. The highest BCUT2D eigenvalue weighted by atomic mass is 16.5. The number of fused-ring (bicyclic) bond motifs is 1. The Morgan fingerprint density at radius 1 is 1.35 bits per heavy atom. The molecule has 7 heteroatoms. The van der Waals surface area contributed by atoms with Crippen LogP contribution in [0.15, 0.2) is 30.5 Å². The lowest BCUT2D eigenvalue weighted by molar-refractivity contribution is -0.129. The summed E-state index contributed by atoms with van der Waals surface area (Å²) in [5, 5.41) is 3.76. The molecule has 0 spiro atoms. The zero-order chi connectivity index (χ0) is 17.0. The fourth-order valence-corrected chi connectivity index (χ4v) is 2.18. The summed E-state index contributed by atoms with van der Waals surface area (Å²) in [5.41, 5.74) is 7.21. The van der Waals surface area contributed by atoms with Crippen molar-refractivity contribution in [2.75, 3.05) is 33.1 Å². The number of nitrogens with two attached hydrogens (primary N) is 1. The molecule has 0 aliphatic heterocycles. The molecule has 0 saturated carbocycles. The Bertz CT molecular complexity index is 708. The second kappa shape index (κ2) is 7.26. The molecule has 1 heterocycles. The van der Waals surface area contributed by atoms with Gasteiger partial charge in [0, 0.05) is 33.1 Å². The van der Waals surface area contributed by atoms with Crippen molar-refractivity contribution in [1.82, 2.24) is 9.47 Å². The van der Waals surface area contributed by atoms with E-state index >= 15 is 0 Å². The second-order valence-electron chi connectivity index (χ2n) is 5.56. The zero-order valence-electron chi connectivity index (χ0n) is 13.6. The van der Waals surface area contributed by atoms with Gasteiger partial charge in [0.15, 0.2) is 0 Å². The first-order valence-electron chi connectivity index (χ1n) is 7.27. The Morgan fingerprint density at radius 2 is 2.09 bits per heavy atom. The molecule has 0 aliphatic rings. The normalized spacial score (nSPS) is 12.2. The van der Waals surface area contributed by atoms with Crippen LogP contribution in [0.4, 0.5) is 5.69 Å². The Balaban J connectivity index is 2.20. The third-order valence-corrected chi connectivity index (χ3v) is 3.53. The second-order valence-corrected chi connectivity index (χ2v) is 5.56. The van der Waals surface area contributed by atoms with Gasteiger partial charge in [-0.25, -0.2) is 0 Å². The molecule has 0 fully saturated rings. The largest absolute Gasteiger partial charge is 0.383 e.